The van der Waals surface area contributed by atoms with Crippen LogP contribution in [-0.4, -0.2) is 19.7 Å². The summed E-state index contributed by atoms with van der Waals surface area (Å²) in [6.45, 7) is 7.86. The van der Waals surface area contributed by atoms with Crippen LogP contribution in [0.4, 0.5) is 0 Å². The molecule has 1 aliphatic rings. The van der Waals surface area contributed by atoms with E-state index in [-0.39, 0.29) is 4.75 Å². The van der Waals surface area contributed by atoms with Crippen molar-refractivity contribution in [1.82, 2.24) is 4.98 Å². The predicted molar refractivity (Wildman–Crippen MR) is 85.4 cm³/mol. The fraction of sp³-hybridized carbons (Fsp3) is 0.625. The van der Waals surface area contributed by atoms with Gasteiger partial charge < -0.3 is 0 Å². The lowest BCUT2D eigenvalue weighted by Crippen LogP contribution is -2.21. The first-order chi connectivity index (χ1) is 9.36. The smallest absolute Gasteiger partial charge is 0.145 e. The highest BCUT2D eigenvalue weighted by Crippen LogP contribution is 2.34. The number of pyridine rings is 1. The topological polar surface area (TPSA) is 42.3 Å². The van der Waals surface area contributed by atoms with Gasteiger partial charge in [-0.25, -0.2) is 4.21 Å². The van der Waals surface area contributed by atoms with Gasteiger partial charge >= 0.3 is 0 Å². The Kier molecular flexibility index (Phi) is 4.74. The Morgan fingerprint density at radius 1 is 1.45 bits per heavy atom. The minimum Gasteiger partial charge on any atom is -0.262 e. The zero-order valence-corrected chi connectivity index (χ0v) is 13.7. The van der Waals surface area contributed by atoms with Crippen LogP contribution in [0.1, 0.15) is 57.7 Å². The van der Waals surface area contributed by atoms with Crippen molar-refractivity contribution in [3.8, 4) is 0 Å². The number of rotatable bonds is 5. The van der Waals surface area contributed by atoms with Crippen molar-refractivity contribution in [2.75, 3.05) is 0 Å². The predicted octanol–water partition coefficient (Wildman–Crippen LogP) is 3.83. The summed E-state index contributed by atoms with van der Waals surface area (Å²) >= 11 is 0. The van der Waals surface area contributed by atoms with Crippen molar-refractivity contribution in [2.24, 2.45) is 10.3 Å². The van der Waals surface area contributed by atoms with Crippen LogP contribution in [0, 0.1) is 12.8 Å². The lowest BCUT2D eigenvalue weighted by Gasteiger charge is -2.15. The monoisotopic (exact) mass is 292 g/mol. The van der Waals surface area contributed by atoms with Gasteiger partial charge in [-0.1, -0.05) is 12.8 Å². The highest BCUT2D eigenvalue weighted by atomic mass is 32.2. The van der Waals surface area contributed by atoms with Gasteiger partial charge in [-0.05, 0) is 58.6 Å². The molecule has 1 heterocycles. The third kappa shape index (κ3) is 4.51. The summed E-state index contributed by atoms with van der Waals surface area (Å²) in [5.41, 5.74) is 3.01. The van der Waals surface area contributed by atoms with Crippen molar-refractivity contribution in [3.05, 3.63) is 29.6 Å². The van der Waals surface area contributed by atoms with Gasteiger partial charge in [-0.2, -0.15) is 4.40 Å². The van der Waals surface area contributed by atoms with Crippen LogP contribution in [0.15, 0.2) is 22.7 Å². The number of hydrogen-bond donors (Lipinski definition) is 0. The molecule has 0 bridgehead atoms. The Hall–Kier alpha value is -1.03. The quantitative estimate of drug-likeness (QED) is 0.774. The van der Waals surface area contributed by atoms with Gasteiger partial charge in [0, 0.05) is 17.5 Å². The van der Waals surface area contributed by atoms with E-state index >= 15 is 0 Å². The van der Waals surface area contributed by atoms with Crippen molar-refractivity contribution >= 4 is 16.7 Å². The van der Waals surface area contributed by atoms with Crippen LogP contribution in [0.2, 0.25) is 0 Å². The first-order valence-electron chi connectivity index (χ1n) is 7.29. The molecule has 1 atom stereocenters. The number of aromatic nitrogens is 1. The van der Waals surface area contributed by atoms with Crippen molar-refractivity contribution in [1.29, 1.82) is 0 Å². The lowest BCUT2D eigenvalue weighted by atomic mass is 10.0. The number of hydrogen-bond acceptors (Lipinski definition) is 2. The van der Waals surface area contributed by atoms with Crippen molar-refractivity contribution < 1.29 is 4.21 Å². The van der Waals surface area contributed by atoms with Crippen LogP contribution in [0.5, 0.6) is 0 Å². The van der Waals surface area contributed by atoms with Crippen LogP contribution in [-0.2, 0) is 11.0 Å². The van der Waals surface area contributed by atoms with E-state index < -0.39 is 11.0 Å². The maximum atomic E-state index is 12.3. The van der Waals surface area contributed by atoms with Crippen molar-refractivity contribution in [2.45, 2.75) is 58.1 Å². The second kappa shape index (κ2) is 6.17. The van der Waals surface area contributed by atoms with E-state index in [1.165, 1.54) is 12.8 Å². The van der Waals surface area contributed by atoms with Gasteiger partial charge in [0.15, 0.2) is 0 Å². The molecule has 0 spiro atoms. The molecule has 3 nitrogen and oxygen atoms in total. The molecule has 20 heavy (non-hydrogen) atoms. The SMILES string of the molecule is Cc1cc(/C(CCC2CC2)=N\[S@](=O)C(C)(C)C)ccn1. The van der Waals surface area contributed by atoms with Gasteiger partial charge in [-0.3, -0.25) is 4.98 Å². The van der Waals surface area contributed by atoms with E-state index in [2.05, 4.69) is 9.38 Å². The fourth-order valence-corrected chi connectivity index (χ4v) is 2.62. The van der Waals surface area contributed by atoms with E-state index in [4.69, 9.17) is 0 Å². The highest BCUT2D eigenvalue weighted by molar-refractivity contribution is 7.85. The third-order valence-electron chi connectivity index (χ3n) is 3.43. The van der Waals surface area contributed by atoms with Gasteiger partial charge in [0.25, 0.3) is 0 Å². The van der Waals surface area contributed by atoms with E-state index in [9.17, 15) is 4.21 Å². The van der Waals surface area contributed by atoms with Gasteiger partial charge in [0.2, 0.25) is 0 Å². The first kappa shape index (κ1) is 15.4. The molecular weight excluding hydrogens is 268 g/mol. The summed E-state index contributed by atoms with van der Waals surface area (Å²) in [5.74, 6) is 0.853. The van der Waals surface area contributed by atoms with E-state index in [0.717, 1.165) is 35.7 Å². The zero-order valence-electron chi connectivity index (χ0n) is 12.8. The van der Waals surface area contributed by atoms with Gasteiger partial charge in [0.05, 0.1) is 10.5 Å². The number of aryl methyl sites for hydroxylation is 1. The molecule has 0 saturated heterocycles. The summed E-state index contributed by atoms with van der Waals surface area (Å²) in [6.07, 6.45) is 6.55. The molecule has 110 valence electrons. The van der Waals surface area contributed by atoms with Crippen LogP contribution >= 0.6 is 0 Å². The average molecular weight is 292 g/mol. The number of nitrogens with zero attached hydrogens (tertiary/aromatic N) is 2. The minimum absolute atomic E-state index is 0.313. The lowest BCUT2D eigenvalue weighted by molar-refractivity contribution is 0.650. The van der Waals surface area contributed by atoms with Gasteiger partial charge in [0.1, 0.15) is 11.0 Å². The highest BCUT2D eigenvalue weighted by Gasteiger charge is 2.24. The maximum absolute atomic E-state index is 12.3. The summed E-state index contributed by atoms with van der Waals surface area (Å²) in [7, 11) is -1.20. The van der Waals surface area contributed by atoms with Crippen LogP contribution in [0.3, 0.4) is 0 Å². The Morgan fingerprint density at radius 3 is 2.70 bits per heavy atom. The Balaban J connectivity index is 2.23. The molecule has 0 N–H and O–H groups in total. The summed E-state index contributed by atoms with van der Waals surface area (Å²) < 4.78 is 16.5. The molecule has 1 aromatic heterocycles. The summed E-state index contributed by atoms with van der Waals surface area (Å²) in [4.78, 5) is 4.23. The average Bonchev–Trinajstić information content (AvgIpc) is 3.16. The molecule has 4 heteroatoms. The Labute approximate surface area is 124 Å². The summed E-state index contributed by atoms with van der Waals surface area (Å²) in [6, 6.07) is 4.00. The second-order valence-electron chi connectivity index (χ2n) is 6.57. The van der Waals surface area contributed by atoms with Crippen molar-refractivity contribution in [3.63, 3.8) is 0 Å². The molecular formula is C16H24N2OS. The molecule has 0 radical (unpaired) electrons. The van der Waals surface area contributed by atoms with Crippen LogP contribution in [0.25, 0.3) is 0 Å². The molecule has 1 saturated carbocycles. The Morgan fingerprint density at radius 2 is 2.15 bits per heavy atom. The largest absolute Gasteiger partial charge is 0.262 e. The molecule has 1 aliphatic carbocycles. The molecule has 0 aromatic carbocycles. The van der Waals surface area contributed by atoms with E-state index in [1.807, 2.05) is 39.8 Å². The van der Waals surface area contributed by atoms with E-state index in [1.54, 1.807) is 6.20 Å². The van der Waals surface area contributed by atoms with Gasteiger partial charge in [-0.15, -0.1) is 0 Å². The first-order valence-corrected chi connectivity index (χ1v) is 8.39. The second-order valence-corrected chi connectivity index (χ2v) is 8.47. The third-order valence-corrected chi connectivity index (χ3v) is 4.87. The molecule has 1 fully saturated rings. The minimum atomic E-state index is -1.20. The standard InChI is InChI=1S/C16H24N2OS/c1-12-11-14(9-10-17-12)15(8-7-13-5-6-13)18-20(19)16(2,3)4/h9-11,13H,5-8H2,1-4H3/b18-15-/t20-/m1/s1. The molecule has 1 aromatic rings. The normalized spacial score (nSPS) is 18.1. The molecule has 0 unspecified atom stereocenters. The Bertz CT molecular complexity index is 528. The molecule has 2 rings (SSSR count). The summed E-state index contributed by atoms with van der Waals surface area (Å²) in [5, 5.41) is 0. The van der Waals surface area contributed by atoms with E-state index in [0.29, 0.717) is 0 Å². The molecule has 0 aliphatic heterocycles. The fourth-order valence-electron chi connectivity index (χ4n) is 1.95. The zero-order chi connectivity index (χ0) is 14.8. The van der Waals surface area contributed by atoms with Crippen LogP contribution < -0.4 is 0 Å². The maximum Gasteiger partial charge on any atom is 0.145 e. The molecule has 0 amide bonds.